The third-order valence-electron chi connectivity index (χ3n) is 5.27. The lowest BCUT2D eigenvalue weighted by Crippen LogP contribution is -2.14. The van der Waals surface area contributed by atoms with Crippen molar-refractivity contribution in [1.29, 1.82) is 0 Å². The first-order chi connectivity index (χ1) is 15.2. The summed E-state index contributed by atoms with van der Waals surface area (Å²) < 4.78 is 1.98. The first kappa shape index (κ1) is 19.2. The predicted octanol–water partition coefficient (Wildman–Crippen LogP) is 6.56. The van der Waals surface area contributed by atoms with Crippen LogP contribution in [0.4, 0.5) is 5.82 Å². The van der Waals surface area contributed by atoms with E-state index in [2.05, 4.69) is 29.6 Å². The van der Waals surface area contributed by atoms with Crippen LogP contribution in [0.3, 0.4) is 0 Å². The number of nitrogens with zero attached hydrogens (tertiary/aromatic N) is 2. The average molecular weight is 426 g/mol. The fourth-order valence-corrected chi connectivity index (χ4v) is 3.92. The van der Waals surface area contributed by atoms with Crippen molar-refractivity contribution in [3.8, 4) is 17.0 Å². The highest BCUT2D eigenvalue weighted by Gasteiger charge is 2.20. The van der Waals surface area contributed by atoms with Crippen LogP contribution in [0.15, 0.2) is 103 Å². The lowest BCUT2D eigenvalue weighted by atomic mass is 9.98. The Kier molecular flexibility index (Phi) is 5.06. The van der Waals surface area contributed by atoms with Gasteiger partial charge in [-0.05, 0) is 47.5 Å². The lowest BCUT2D eigenvalue weighted by Gasteiger charge is -2.22. The molecule has 0 amide bonds. The van der Waals surface area contributed by atoms with E-state index in [0.717, 1.165) is 33.8 Å². The van der Waals surface area contributed by atoms with E-state index in [0.29, 0.717) is 5.02 Å². The molecule has 0 bridgehead atoms. The van der Waals surface area contributed by atoms with Crippen LogP contribution in [-0.2, 0) is 0 Å². The summed E-state index contributed by atoms with van der Waals surface area (Å²) in [7, 11) is 0. The summed E-state index contributed by atoms with van der Waals surface area (Å²) in [5, 5.41) is 14.1. The van der Waals surface area contributed by atoms with Crippen molar-refractivity contribution in [2.45, 2.75) is 6.04 Å². The van der Waals surface area contributed by atoms with Gasteiger partial charge >= 0.3 is 0 Å². The van der Waals surface area contributed by atoms with Crippen LogP contribution < -0.4 is 5.32 Å². The van der Waals surface area contributed by atoms with Crippen LogP contribution in [-0.4, -0.2) is 14.5 Å². The Balaban J connectivity index is 1.69. The molecule has 0 saturated heterocycles. The molecule has 5 aromatic rings. The fraction of sp³-hybridized carbons (Fsp3) is 0.0385. The van der Waals surface area contributed by atoms with E-state index in [-0.39, 0.29) is 11.8 Å². The van der Waals surface area contributed by atoms with Crippen LogP contribution in [0.25, 0.3) is 16.9 Å². The normalized spacial score (nSPS) is 11.2. The van der Waals surface area contributed by atoms with E-state index in [1.54, 1.807) is 12.1 Å². The zero-order valence-electron chi connectivity index (χ0n) is 16.6. The number of phenolic OH excluding ortho intramolecular Hbond substituents is 1. The van der Waals surface area contributed by atoms with Crippen molar-refractivity contribution in [3.05, 3.63) is 119 Å². The number of hydrogen-bond acceptors (Lipinski definition) is 3. The Hall–Kier alpha value is -3.76. The van der Waals surface area contributed by atoms with Gasteiger partial charge in [0.25, 0.3) is 0 Å². The van der Waals surface area contributed by atoms with Crippen molar-refractivity contribution in [2.24, 2.45) is 0 Å². The highest BCUT2D eigenvalue weighted by Crippen LogP contribution is 2.35. The highest BCUT2D eigenvalue weighted by atomic mass is 35.5. The minimum Gasteiger partial charge on any atom is -0.508 e. The van der Waals surface area contributed by atoms with Crippen molar-refractivity contribution in [2.75, 3.05) is 5.32 Å². The van der Waals surface area contributed by atoms with Crippen LogP contribution in [0.5, 0.6) is 5.75 Å². The van der Waals surface area contributed by atoms with Gasteiger partial charge in [0.2, 0.25) is 0 Å². The van der Waals surface area contributed by atoms with Gasteiger partial charge in [0.15, 0.2) is 0 Å². The van der Waals surface area contributed by atoms with Gasteiger partial charge in [-0.2, -0.15) is 0 Å². The third-order valence-corrected chi connectivity index (χ3v) is 5.49. The molecule has 0 aliphatic carbocycles. The largest absolute Gasteiger partial charge is 0.508 e. The smallest absolute Gasteiger partial charge is 0.139 e. The molecule has 4 nitrogen and oxygen atoms in total. The number of halogens is 1. The summed E-state index contributed by atoms with van der Waals surface area (Å²) in [5.74, 6) is 1.05. The Morgan fingerprint density at radius 1 is 0.774 bits per heavy atom. The van der Waals surface area contributed by atoms with Gasteiger partial charge in [0.05, 0.1) is 11.1 Å². The molecule has 2 aromatic heterocycles. The van der Waals surface area contributed by atoms with E-state index in [1.807, 2.05) is 71.3 Å². The summed E-state index contributed by atoms with van der Waals surface area (Å²) >= 11 is 6.33. The molecule has 31 heavy (non-hydrogen) atoms. The molecule has 3 aromatic carbocycles. The summed E-state index contributed by atoms with van der Waals surface area (Å²) in [4.78, 5) is 4.85. The zero-order valence-corrected chi connectivity index (χ0v) is 17.4. The molecule has 0 fully saturated rings. The quantitative estimate of drug-likeness (QED) is 0.335. The minimum atomic E-state index is -0.0860. The van der Waals surface area contributed by atoms with Crippen molar-refractivity contribution in [1.82, 2.24) is 9.38 Å². The number of nitrogens with one attached hydrogen (secondary N) is 1. The lowest BCUT2D eigenvalue weighted by molar-refractivity contribution is 0.475. The standard InChI is InChI=1S/C26H20ClN3O/c27-21-13-16-23-28-25(20-11-14-22(31)15-12-20)26(30(23)17-21)29-24(18-7-3-1-4-8-18)19-9-5-2-6-10-19/h1-17,24,29,31H. The number of aromatic hydroxyl groups is 1. The Morgan fingerprint density at radius 2 is 1.39 bits per heavy atom. The number of imidazole rings is 1. The molecular formula is C26H20ClN3O. The molecule has 0 aliphatic rings. The maximum atomic E-state index is 9.73. The van der Waals surface area contributed by atoms with E-state index in [1.165, 1.54) is 0 Å². The molecule has 152 valence electrons. The SMILES string of the molecule is Oc1ccc(-c2nc3ccc(Cl)cn3c2NC(c2ccccc2)c2ccccc2)cc1. The predicted molar refractivity (Wildman–Crippen MR) is 126 cm³/mol. The molecule has 0 atom stereocenters. The first-order valence-corrected chi connectivity index (χ1v) is 10.4. The monoisotopic (exact) mass is 425 g/mol. The summed E-state index contributed by atoms with van der Waals surface area (Å²) in [5.41, 5.74) is 4.76. The van der Waals surface area contributed by atoms with Crippen molar-refractivity contribution in [3.63, 3.8) is 0 Å². The van der Waals surface area contributed by atoms with Gasteiger partial charge < -0.3 is 10.4 Å². The molecule has 5 heteroatoms. The molecule has 2 N–H and O–H groups in total. The number of rotatable bonds is 5. The molecule has 0 unspecified atom stereocenters. The van der Waals surface area contributed by atoms with Crippen LogP contribution in [0, 0.1) is 0 Å². The second-order valence-electron chi connectivity index (χ2n) is 7.33. The van der Waals surface area contributed by atoms with Crippen LogP contribution in [0.1, 0.15) is 17.2 Å². The van der Waals surface area contributed by atoms with Crippen molar-refractivity contribution >= 4 is 23.1 Å². The highest BCUT2D eigenvalue weighted by molar-refractivity contribution is 6.30. The Labute approximate surface area is 185 Å². The van der Waals surface area contributed by atoms with Gasteiger partial charge in [-0.25, -0.2) is 4.98 Å². The number of aromatic nitrogens is 2. The van der Waals surface area contributed by atoms with Gasteiger partial charge in [0.1, 0.15) is 22.9 Å². The first-order valence-electron chi connectivity index (χ1n) is 10.0. The second-order valence-corrected chi connectivity index (χ2v) is 7.77. The topological polar surface area (TPSA) is 49.6 Å². The summed E-state index contributed by atoms with van der Waals surface area (Å²) in [6, 6.07) is 31.4. The number of pyridine rings is 1. The number of fused-ring (bicyclic) bond motifs is 1. The molecule has 0 radical (unpaired) electrons. The number of benzene rings is 3. The zero-order chi connectivity index (χ0) is 21.2. The van der Waals surface area contributed by atoms with E-state index >= 15 is 0 Å². The van der Waals surface area contributed by atoms with Gasteiger partial charge in [-0.3, -0.25) is 4.40 Å². The summed E-state index contributed by atoms with van der Waals surface area (Å²) in [6.45, 7) is 0. The minimum absolute atomic E-state index is 0.0860. The van der Waals surface area contributed by atoms with E-state index in [4.69, 9.17) is 16.6 Å². The van der Waals surface area contributed by atoms with Crippen LogP contribution in [0.2, 0.25) is 5.02 Å². The molecule has 0 aliphatic heterocycles. The van der Waals surface area contributed by atoms with Gasteiger partial charge in [0, 0.05) is 11.8 Å². The number of phenols is 1. The molecule has 0 saturated carbocycles. The Morgan fingerprint density at radius 3 is 2.00 bits per heavy atom. The van der Waals surface area contributed by atoms with E-state index < -0.39 is 0 Å². The third kappa shape index (κ3) is 3.86. The van der Waals surface area contributed by atoms with Gasteiger partial charge in [-0.15, -0.1) is 0 Å². The fourth-order valence-electron chi connectivity index (χ4n) is 3.76. The average Bonchev–Trinajstić information content (AvgIpc) is 3.16. The van der Waals surface area contributed by atoms with Gasteiger partial charge in [-0.1, -0.05) is 72.3 Å². The molecule has 2 heterocycles. The molecule has 0 spiro atoms. The number of anilines is 1. The van der Waals surface area contributed by atoms with E-state index in [9.17, 15) is 5.11 Å². The Bertz CT molecular complexity index is 1280. The summed E-state index contributed by atoms with van der Waals surface area (Å²) in [6.07, 6.45) is 1.86. The second kappa shape index (κ2) is 8.17. The molecule has 5 rings (SSSR count). The van der Waals surface area contributed by atoms with Crippen molar-refractivity contribution < 1.29 is 5.11 Å². The van der Waals surface area contributed by atoms with Crippen LogP contribution >= 0.6 is 11.6 Å². The number of hydrogen-bond donors (Lipinski definition) is 2. The maximum Gasteiger partial charge on any atom is 0.139 e. The maximum absolute atomic E-state index is 9.73. The molecular weight excluding hydrogens is 406 g/mol.